The van der Waals surface area contributed by atoms with Crippen molar-refractivity contribution in [3.8, 4) is 22.6 Å². The lowest BCUT2D eigenvalue weighted by molar-refractivity contribution is 0.404. The number of methoxy groups -OCH3 is 2. The molecule has 2 aromatic rings. The monoisotopic (exact) mass is 263 g/mol. The van der Waals surface area contributed by atoms with E-state index in [4.69, 9.17) is 15.2 Å². The molecular formula is C14H17NO2S. The molecule has 96 valence electrons. The van der Waals surface area contributed by atoms with Crippen molar-refractivity contribution in [3.05, 3.63) is 28.6 Å². The highest BCUT2D eigenvalue weighted by Crippen LogP contribution is 2.43. The molecule has 1 heterocycles. The van der Waals surface area contributed by atoms with Gasteiger partial charge in [-0.05, 0) is 37.6 Å². The van der Waals surface area contributed by atoms with Crippen LogP contribution in [0.15, 0.2) is 18.2 Å². The van der Waals surface area contributed by atoms with Crippen molar-refractivity contribution in [2.45, 2.75) is 13.8 Å². The van der Waals surface area contributed by atoms with Gasteiger partial charge in [0.15, 0.2) is 0 Å². The average molecular weight is 263 g/mol. The van der Waals surface area contributed by atoms with Gasteiger partial charge in [-0.1, -0.05) is 0 Å². The highest BCUT2D eigenvalue weighted by molar-refractivity contribution is 7.16. The average Bonchev–Trinajstić information content (AvgIpc) is 2.62. The maximum absolute atomic E-state index is 6.11. The second-order valence-corrected chi connectivity index (χ2v) is 5.35. The fourth-order valence-electron chi connectivity index (χ4n) is 2.00. The Morgan fingerprint density at radius 1 is 1.11 bits per heavy atom. The van der Waals surface area contributed by atoms with Gasteiger partial charge in [-0.15, -0.1) is 11.3 Å². The fourth-order valence-corrected chi connectivity index (χ4v) is 2.95. The summed E-state index contributed by atoms with van der Waals surface area (Å²) in [5.41, 5.74) is 9.34. The molecule has 18 heavy (non-hydrogen) atoms. The van der Waals surface area contributed by atoms with Gasteiger partial charge in [-0.25, -0.2) is 0 Å². The molecule has 0 saturated heterocycles. The van der Waals surface area contributed by atoms with Gasteiger partial charge >= 0.3 is 0 Å². The van der Waals surface area contributed by atoms with E-state index in [0.717, 1.165) is 27.6 Å². The Morgan fingerprint density at radius 2 is 1.83 bits per heavy atom. The molecule has 0 aliphatic rings. The van der Waals surface area contributed by atoms with Crippen LogP contribution in [0.2, 0.25) is 0 Å². The predicted molar refractivity (Wildman–Crippen MR) is 76.7 cm³/mol. The number of benzene rings is 1. The van der Waals surface area contributed by atoms with E-state index in [2.05, 4.69) is 13.8 Å². The maximum Gasteiger partial charge on any atom is 0.127 e. The molecule has 0 spiro atoms. The number of nitrogens with two attached hydrogens (primary N) is 1. The Morgan fingerprint density at radius 3 is 2.33 bits per heavy atom. The van der Waals surface area contributed by atoms with Crippen LogP contribution in [0.4, 0.5) is 5.00 Å². The molecule has 3 nitrogen and oxygen atoms in total. The summed E-state index contributed by atoms with van der Waals surface area (Å²) in [6.45, 7) is 4.16. The summed E-state index contributed by atoms with van der Waals surface area (Å²) >= 11 is 1.60. The van der Waals surface area contributed by atoms with Gasteiger partial charge in [-0.2, -0.15) is 0 Å². The summed E-state index contributed by atoms with van der Waals surface area (Å²) in [4.78, 5) is 1.23. The van der Waals surface area contributed by atoms with Gasteiger partial charge in [0.1, 0.15) is 11.5 Å². The highest BCUT2D eigenvalue weighted by atomic mass is 32.1. The first-order valence-electron chi connectivity index (χ1n) is 5.66. The lowest BCUT2D eigenvalue weighted by Gasteiger charge is -2.11. The van der Waals surface area contributed by atoms with Crippen molar-refractivity contribution in [2.75, 3.05) is 20.0 Å². The first-order valence-corrected chi connectivity index (χ1v) is 6.48. The molecule has 0 radical (unpaired) electrons. The number of aryl methyl sites for hydroxylation is 1. The smallest absolute Gasteiger partial charge is 0.127 e. The summed E-state index contributed by atoms with van der Waals surface area (Å²) in [5.74, 6) is 1.61. The summed E-state index contributed by atoms with van der Waals surface area (Å²) in [5, 5.41) is 0.816. The third kappa shape index (κ3) is 2.04. The number of anilines is 1. The maximum atomic E-state index is 6.11. The van der Waals surface area contributed by atoms with Crippen molar-refractivity contribution in [2.24, 2.45) is 0 Å². The summed E-state index contributed by atoms with van der Waals surface area (Å²) in [7, 11) is 3.32. The predicted octanol–water partition coefficient (Wildman–Crippen LogP) is 3.63. The molecule has 4 heteroatoms. The number of thiophene rings is 1. The van der Waals surface area contributed by atoms with Crippen LogP contribution in [0, 0.1) is 13.8 Å². The molecule has 0 bridgehead atoms. The van der Waals surface area contributed by atoms with E-state index in [1.54, 1.807) is 25.6 Å². The third-order valence-electron chi connectivity index (χ3n) is 3.09. The van der Waals surface area contributed by atoms with E-state index in [0.29, 0.717) is 0 Å². The van der Waals surface area contributed by atoms with Crippen LogP contribution >= 0.6 is 11.3 Å². The van der Waals surface area contributed by atoms with Gasteiger partial charge in [0.25, 0.3) is 0 Å². The van der Waals surface area contributed by atoms with Crippen LogP contribution in [-0.2, 0) is 0 Å². The minimum absolute atomic E-state index is 0.799. The van der Waals surface area contributed by atoms with Gasteiger partial charge < -0.3 is 15.2 Å². The molecule has 0 amide bonds. The quantitative estimate of drug-likeness (QED) is 0.919. The number of hydrogen-bond donors (Lipinski definition) is 1. The van der Waals surface area contributed by atoms with E-state index in [-0.39, 0.29) is 0 Å². The summed E-state index contributed by atoms with van der Waals surface area (Å²) < 4.78 is 10.7. The Labute approximate surface area is 111 Å². The van der Waals surface area contributed by atoms with Gasteiger partial charge in [-0.3, -0.25) is 0 Å². The number of nitrogen functional groups attached to an aromatic ring is 1. The second-order valence-electron chi connectivity index (χ2n) is 4.09. The molecule has 0 aliphatic carbocycles. The minimum atomic E-state index is 0.799. The van der Waals surface area contributed by atoms with Crippen LogP contribution in [-0.4, -0.2) is 14.2 Å². The Bertz CT molecular complexity index is 575. The van der Waals surface area contributed by atoms with Crippen molar-refractivity contribution in [3.63, 3.8) is 0 Å². The third-order valence-corrected chi connectivity index (χ3v) is 4.12. The van der Waals surface area contributed by atoms with Crippen molar-refractivity contribution < 1.29 is 9.47 Å². The molecule has 0 fully saturated rings. The molecule has 1 aromatic heterocycles. The lowest BCUT2D eigenvalue weighted by atomic mass is 10.0. The SMILES string of the molecule is COc1ccc(OC)c(-c2c(N)sc(C)c2C)c1. The molecule has 2 rings (SSSR count). The molecule has 0 aliphatic heterocycles. The number of ether oxygens (including phenoxy) is 2. The first-order chi connectivity index (χ1) is 8.58. The zero-order chi connectivity index (χ0) is 13.3. The van der Waals surface area contributed by atoms with Gasteiger partial charge in [0, 0.05) is 16.0 Å². The standard InChI is InChI=1S/C14H17NO2S/c1-8-9(2)18-14(15)13(8)11-7-10(16-3)5-6-12(11)17-4/h5-7H,15H2,1-4H3. The van der Waals surface area contributed by atoms with Crippen LogP contribution in [0.25, 0.3) is 11.1 Å². The van der Waals surface area contributed by atoms with Crippen molar-refractivity contribution in [1.29, 1.82) is 0 Å². The lowest BCUT2D eigenvalue weighted by Crippen LogP contribution is -1.93. The number of rotatable bonds is 3. The van der Waals surface area contributed by atoms with Crippen LogP contribution < -0.4 is 15.2 Å². The largest absolute Gasteiger partial charge is 0.497 e. The van der Waals surface area contributed by atoms with Crippen LogP contribution in [0.5, 0.6) is 11.5 Å². The molecule has 0 atom stereocenters. The Hall–Kier alpha value is -1.68. The van der Waals surface area contributed by atoms with E-state index in [1.807, 2.05) is 18.2 Å². The van der Waals surface area contributed by atoms with E-state index in [9.17, 15) is 0 Å². The van der Waals surface area contributed by atoms with Crippen molar-refractivity contribution >= 4 is 16.3 Å². The zero-order valence-electron chi connectivity index (χ0n) is 11.0. The number of hydrogen-bond acceptors (Lipinski definition) is 4. The van der Waals surface area contributed by atoms with Gasteiger partial charge in [0.05, 0.1) is 19.2 Å². The van der Waals surface area contributed by atoms with Crippen molar-refractivity contribution in [1.82, 2.24) is 0 Å². The first kappa shape index (κ1) is 12.8. The molecule has 0 unspecified atom stereocenters. The van der Waals surface area contributed by atoms with E-state index in [1.165, 1.54) is 10.4 Å². The van der Waals surface area contributed by atoms with Crippen LogP contribution in [0.3, 0.4) is 0 Å². The topological polar surface area (TPSA) is 44.5 Å². The van der Waals surface area contributed by atoms with E-state index >= 15 is 0 Å². The summed E-state index contributed by atoms with van der Waals surface area (Å²) in [6, 6.07) is 5.75. The van der Waals surface area contributed by atoms with Gasteiger partial charge in [0.2, 0.25) is 0 Å². The van der Waals surface area contributed by atoms with E-state index < -0.39 is 0 Å². The van der Waals surface area contributed by atoms with Crippen LogP contribution in [0.1, 0.15) is 10.4 Å². The molecule has 1 aromatic carbocycles. The minimum Gasteiger partial charge on any atom is -0.497 e. The molecule has 0 saturated carbocycles. The fraction of sp³-hybridized carbons (Fsp3) is 0.286. The molecule has 2 N–H and O–H groups in total. The zero-order valence-corrected chi connectivity index (χ0v) is 11.9. The second kappa shape index (κ2) is 4.90. The normalized spacial score (nSPS) is 10.4. The highest BCUT2D eigenvalue weighted by Gasteiger charge is 2.16. The Kier molecular flexibility index (Phi) is 3.48. The molecular weight excluding hydrogens is 246 g/mol. The Balaban J connectivity index is 2.68. The summed E-state index contributed by atoms with van der Waals surface area (Å²) in [6.07, 6.45) is 0.